The highest BCUT2D eigenvalue weighted by atomic mass is 15.2. The van der Waals surface area contributed by atoms with E-state index in [1.807, 2.05) is 6.07 Å². The van der Waals surface area contributed by atoms with Crippen molar-refractivity contribution in [1.82, 2.24) is 15.3 Å². The van der Waals surface area contributed by atoms with Crippen molar-refractivity contribution in [1.29, 1.82) is 0 Å². The van der Waals surface area contributed by atoms with Crippen LogP contribution in [-0.2, 0) is 0 Å². The first-order valence-electron chi connectivity index (χ1n) is 6.22. The van der Waals surface area contributed by atoms with Gasteiger partial charge in [-0.05, 0) is 20.8 Å². The number of piperazine rings is 1. The first kappa shape index (κ1) is 12.1. The Hall–Kier alpha value is -1.36. The molecule has 1 aromatic heterocycles. The number of nitrogens with one attached hydrogen (secondary N) is 2. The molecule has 1 aromatic rings. The van der Waals surface area contributed by atoms with Gasteiger partial charge in [-0.15, -0.1) is 0 Å². The highest BCUT2D eigenvalue weighted by molar-refractivity contribution is 5.49. The smallest absolute Gasteiger partial charge is 0.134 e. The third-order valence-electron chi connectivity index (χ3n) is 2.78. The summed E-state index contributed by atoms with van der Waals surface area (Å²) >= 11 is 0. The molecule has 0 radical (unpaired) electrons. The molecule has 1 aliphatic heterocycles. The first-order valence-corrected chi connectivity index (χ1v) is 6.22. The predicted octanol–water partition coefficient (Wildman–Crippen LogP) is 1.09. The molecule has 5 heteroatoms. The zero-order valence-corrected chi connectivity index (χ0v) is 10.8. The molecule has 1 saturated heterocycles. The minimum Gasteiger partial charge on any atom is -0.368 e. The van der Waals surface area contributed by atoms with Gasteiger partial charge in [-0.3, -0.25) is 0 Å². The molecule has 0 saturated carbocycles. The van der Waals surface area contributed by atoms with Crippen molar-refractivity contribution in [2.75, 3.05) is 29.9 Å². The van der Waals surface area contributed by atoms with Crippen LogP contribution in [0.5, 0.6) is 0 Å². The van der Waals surface area contributed by atoms with E-state index in [2.05, 4.69) is 46.3 Å². The van der Waals surface area contributed by atoms with E-state index in [9.17, 15) is 0 Å². The summed E-state index contributed by atoms with van der Waals surface area (Å²) in [5.41, 5.74) is 0. The molecule has 2 heterocycles. The summed E-state index contributed by atoms with van der Waals surface area (Å²) in [7, 11) is 0. The highest BCUT2D eigenvalue weighted by Crippen LogP contribution is 2.16. The Morgan fingerprint density at radius 1 is 1.47 bits per heavy atom. The lowest BCUT2D eigenvalue weighted by Crippen LogP contribution is -2.49. The van der Waals surface area contributed by atoms with Crippen molar-refractivity contribution in [3.63, 3.8) is 0 Å². The third-order valence-corrected chi connectivity index (χ3v) is 2.78. The van der Waals surface area contributed by atoms with Gasteiger partial charge < -0.3 is 15.5 Å². The van der Waals surface area contributed by atoms with E-state index < -0.39 is 0 Å². The topological polar surface area (TPSA) is 53.1 Å². The standard InChI is InChI=1S/C12H21N5/c1-9(2)16-11-6-12(15-8-14-11)17-5-4-13-10(3)7-17/h6,8-10,13H,4-5,7H2,1-3H3,(H,14,15,16). The summed E-state index contributed by atoms with van der Waals surface area (Å²) in [5, 5.41) is 6.73. The molecule has 1 unspecified atom stereocenters. The van der Waals surface area contributed by atoms with Gasteiger partial charge >= 0.3 is 0 Å². The molecule has 0 aromatic carbocycles. The first-order chi connectivity index (χ1) is 8.15. The van der Waals surface area contributed by atoms with Crippen molar-refractivity contribution in [3.8, 4) is 0 Å². The molecule has 0 spiro atoms. The molecule has 17 heavy (non-hydrogen) atoms. The fourth-order valence-electron chi connectivity index (χ4n) is 2.04. The Balaban J connectivity index is 2.09. The largest absolute Gasteiger partial charge is 0.368 e. The maximum atomic E-state index is 4.35. The lowest BCUT2D eigenvalue weighted by Gasteiger charge is -2.32. The van der Waals surface area contributed by atoms with Crippen molar-refractivity contribution in [2.45, 2.75) is 32.9 Å². The van der Waals surface area contributed by atoms with Crippen LogP contribution in [-0.4, -0.2) is 41.7 Å². The summed E-state index contributed by atoms with van der Waals surface area (Å²) in [6.07, 6.45) is 1.63. The molecule has 0 aliphatic carbocycles. The van der Waals surface area contributed by atoms with E-state index in [4.69, 9.17) is 0 Å². The number of rotatable bonds is 3. The molecule has 5 nitrogen and oxygen atoms in total. The molecule has 0 bridgehead atoms. The van der Waals surface area contributed by atoms with Gasteiger partial charge in [0.2, 0.25) is 0 Å². The van der Waals surface area contributed by atoms with Gasteiger partial charge in [0.15, 0.2) is 0 Å². The van der Waals surface area contributed by atoms with Crippen molar-refractivity contribution in [2.24, 2.45) is 0 Å². The quantitative estimate of drug-likeness (QED) is 0.821. The van der Waals surface area contributed by atoms with Gasteiger partial charge in [0.05, 0.1) is 0 Å². The molecule has 94 valence electrons. The molecular weight excluding hydrogens is 214 g/mol. The van der Waals surface area contributed by atoms with Crippen molar-refractivity contribution >= 4 is 11.6 Å². The average Bonchev–Trinajstić information content (AvgIpc) is 2.28. The lowest BCUT2D eigenvalue weighted by molar-refractivity contribution is 0.482. The van der Waals surface area contributed by atoms with Crippen LogP contribution >= 0.6 is 0 Å². The second-order valence-electron chi connectivity index (χ2n) is 4.86. The Morgan fingerprint density at radius 3 is 3.00 bits per heavy atom. The average molecular weight is 235 g/mol. The molecule has 2 rings (SSSR count). The molecule has 1 atom stereocenters. The Labute approximate surface area is 103 Å². The van der Waals surface area contributed by atoms with Crippen LogP contribution in [0.4, 0.5) is 11.6 Å². The number of hydrogen-bond acceptors (Lipinski definition) is 5. The van der Waals surface area contributed by atoms with Crippen LogP contribution < -0.4 is 15.5 Å². The van der Waals surface area contributed by atoms with Crippen LogP contribution in [0.1, 0.15) is 20.8 Å². The minimum atomic E-state index is 0.389. The van der Waals surface area contributed by atoms with E-state index in [1.165, 1.54) is 0 Å². The van der Waals surface area contributed by atoms with E-state index >= 15 is 0 Å². The van der Waals surface area contributed by atoms with Crippen LogP contribution in [0.15, 0.2) is 12.4 Å². The predicted molar refractivity (Wildman–Crippen MR) is 70.5 cm³/mol. The van der Waals surface area contributed by atoms with Gasteiger partial charge in [-0.2, -0.15) is 0 Å². The van der Waals surface area contributed by atoms with Crippen molar-refractivity contribution < 1.29 is 0 Å². The number of anilines is 2. The molecule has 1 aliphatic rings. The van der Waals surface area contributed by atoms with Crippen LogP contribution in [0.2, 0.25) is 0 Å². The molecule has 0 amide bonds. The summed E-state index contributed by atoms with van der Waals surface area (Å²) in [6.45, 7) is 9.42. The van der Waals surface area contributed by atoms with E-state index in [-0.39, 0.29) is 0 Å². The monoisotopic (exact) mass is 235 g/mol. The third kappa shape index (κ3) is 3.30. The second kappa shape index (κ2) is 5.31. The number of aromatic nitrogens is 2. The van der Waals surface area contributed by atoms with Crippen LogP contribution in [0.3, 0.4) is 0 Å². The fourth-order valence-corrected chi connectivity index (χ4v) is 2.04. The highest BCUT2D eigenvalue weighted by Gasteiger charge is 2.17. The fraction of sp³-hybridized carbons (Fsp3) is 0.667. The Bertz CT molecular complexity index is 366. The maximum absolute atomic E-state index is 4.35. The number of hydrogen-bond donors (Lipinski definition) is 2. The van der Waals surface area contributed by atoms with Crippen molar-refractivity contribution in [3.05, 3.63) is 12.4 Å². The lowest BCUT2D eigenvalue weighted by atomic mass is 10.2. The second-order valence-corrected chi connectivity index (χ2v) is 4.86. The van der Waals surface area contributed by atoms with E-state index in [0.717, 1.165) is 31.3 Å². The van der Waals surface area contributed by atoms with Gasteiger partial charge in [-0.25, -0.2) is 9.97 Å². The van der Waals surface area contributed by atoms with E-state index in [0.29, 0.717) is 12.1 Å². The minimum absolute atomic E-state index is 0.389. The van der Waals surface area contributed by atoms with Crippen LogP contribution in [0.25, 0.3) is 0 Å². The molecule has 2 N–H and O–H groups in total. The molecular formula is C12H21N5. The normalized spacial score (nSPS) is 20.7. The zero-order chi connectivity index (χ0) is 12.3. The van der Waals surface area contributed by atoms with E-state index in [1.54, 1.807) is 6.33 Å². The Kier molecular flexibility index (Phi) is 3.78. The summed E-state index contributed by atoms with van der Waals surface area (Å²) in [6, 6.07) is 2.93. The summed E-state index contributed by atoms with van der Waals surface area (Å²) < 4.78 is 0. The van der Waals surface area contributed by atoms with Crippen LogP contribution in [0, 0.1) is 0 Å². The Morgan fingerprint density at radius 2 is 2.29 bits per heavy atom. The zero-order valence-electron chi connectivity index (χ0n) is 10.8. The van der Waals surface area contributed by atoms with Gasteiger partial charge in [0.25, 0.3) is 0 Å². The maximum Gasteiger partial charge on any atom is 0.134 e. The van der Waals surface area contributed by atoms with Gasteiger partial charge in [0, 0.05) is 37.8 Å². The summed E-state index contributed by atoms with van der Waals surface area (Å²) in [4.78, 5) is 10.9. The summed E-state index contributed by atoms with van der Waals surface area (Å²) in [5.74, 6) is 1.91. The molecule has 1 fully saturated rings. The number of nitrogens with zero attached hydrogens (tertiary/aromatic N) is 3. The van der Waals surface area contributed by atoms with Gasteiger partial charge in [-0.1, -0.05) is 0 Å². The van der Waals surface area contributed by atoms with Gasteiger partial charge in [0.1, 0.15) is 18.0 Å². The SMILES string of the molecule is CC(C)Nc1cc(N2CCNC(C)C2)ncn1.